The van der Waals surface area contributed by atoms with Crippen molar-refractivity contribution in [2.75, 3.05) is 6.54 Å². The Morgan fingerprint density at radius 1 is 1.50 bits per heavy atom. The molecule has 0 bridgehead atoms. The van der Waals surface area contributed by atoms with Gasteiger partial charge in [0.05, 0.1) is 17.2 Å². The minimum atomic E-state index is 0.422. The largest absolute Gasteiger partial charge is 0.392 e. The molecule has 0 atom stereocenters. The second-order valence-corrected chi connectivity index (χ2v) is 6.03. The third kappa shape index (κ3) is 3.81. The summed E-state index contributed by atoms with van der Waals surface area (Å²) in [4.78, 5) is 8.60. The highest BCUT2D eigenvalue weighted by Crippen LogP contribution is 2.18. The van der Waals surface area contributed by atoms with Crippen molar-refractivity contribution in [1.29, 1.82) is 0 Å². The highest BCUT2D eigenvalue weighted by atomic mass is 32.1. The van der Waals surface area contributed by atoms with Gasteiger partial charge in [-0.3, -0.25) is 4.90 Å². The Labute approximate surface area is 107 Å². The first-order valence-corrected chi connectivity index (χ1v) is 6.58. The number of thiazole rings is 1. The first-order chi connectivity index (χ1) is 7.40. The lowest BCUT2D eigenvalue weighted by molar-refractivity contribution is 0.245. The summed E-state index contributed by atoms with van der Waals surface area (Å²) in [6.07, 6.45) is 0. The Hall–Kier alpha value is -0.520. The average molecular weight is 257 g/mol. The van der Waals surface area contributed by atoms with Crippen molar-refractivity contribution in [1.82, 2.24) is 9.88 Å². The summed E-state index contributed by atoms with van der Waals surface area (Å²) in [5.41, 5.74) is 6.72. The Kier molecular flexibility index (Phi) is 4.83. The quantitative estimate of drug-likeness (QED) is 0.822. The van der Waals surface area contributed by atoms with E-state index in [0.717, 1.165) is 17.2 Å². The van der Waals surface area contributed by atoms with Crippen LogP contribution >= 0.6 is 23.6 Å². The maximum Gasteiger partial charge on any atom is 0.107 e. The first kappa shape index (κ1) is 13.5. The van der Waals surface area contributed by atoms with Gasteiger partial charge < -0.3 is 5.73 Å². The van der Waals surface area contributed by atoms with Crippen LogP contribution in [0.2, 0.25) is 0 Å². The van der Waals surface area contributed by atoms with E-state index in [2.05, 4.69) is 30.7 Å². The summed E-state index contributed by atoms with van der Waals surface area (Å²) in [7, 11) is 0. The fourth-order valence-corrected chi connectivity index (χ4v) is 2.53. The van der Waals surface area contributed by atoms with E-state index in [9.17, 15) is 0 Å². The van der Waals surface area contributed by atoms with Gasteiger partial charge in [0.25, 0.3) is 0 Å². The lowest BCUT2D eigenvalue weighted by Gasteiger charge is -2.24. The molecule has 0 spiro atoms. The van der Waals surface area contributed by atoms with Crippen LogP contribution in [0.15, 0.2) is 0 Å². The molecule has 2 N–H and O–H groups in total. The van der Waals surface area contributed by atoms with Gasteiger partial charge in [-0.25, -0.2) is 4.98 Å². The fraction of sp³-hybridized carbons (Fsp3) is 0.636. The normalized spacial score (nSPS) is 11.4. The Bertz CT molecular complexity index is 352. The molecule has 0 fully saturated rings. The van der Waals surface area contributed by atoms with Crippen molar-refractivity contribution in [2.24, 2.45) is 5.73 Å². The van der Waals surface area contributed by atoms with Gasteiger partial charge in [0.1, 0.15) is 5.01 Å². The van der Waals surface area contributed by atoms with E-state index in [4.69, 9.17) is 18.0 Å². The lowest BCUT2D eigenvalue weighted by atomic mass is 10.3. The SMILES string of the molecule is Cc1nc(CN(CC(N)=S)C(C)C)sc1C. The molecule has 0 amide bonds. The zero-order valence-electron chi connectivity index (χ0n) is 10.3. The van der Waals surface area contributed by atoms with Crippen LogP contribution < -0.4 is 5.73 Å². The molecule has 0 radical (unpaired) electrons. The molecule has 0 saturated carbocycles. The van der Waals surface area contributed by atoms with Crippen LogP contribution in [0.25, 0.3) is 0 Å². The number of nitrogens with two attached hydrogens (primary N) is 1. The van der Waals surface area contributed by atoms with E-state index in [1.165, 1.54) is 4.88 Å². The van der Waals surface area contributed by atoms with Crippen LogP contribution in [-0.4, -0.2) is 27.5 Å². The zero-order chi connectivity index (χ0) is 12.3. The van der Waals surface area contributed by atoms with Gasteiger partial charge in [-0.15, -0.1) is 11.3 Å². The molecule has 1 aromatic rings. The highest BCUT2D eigenvalue weighted by Gasteiger charge is 2.13. The summed E-state index contributed by atoms with van der Waals surface area (Å²) in [6.45, 7) is 9.92. The minimum Gasteiger partial charge on any atom is -0.392 e. The molecule has 1 heterocycles. The van der Waals surface area contributed by atoms with E-state index in [-0.39, 0.29) is 0 Å². The Morgan fingerprint density at radius 3 is 2.50 bits per heavy atom. The molecule has 0 aliphatic rings. The molecule has 90 valence electrons. The second-order valence-electron chi connectivity index (χ2n) is 4.21. The maximum atomic E-state index is 5.59. The first-order valence-electron chi connectivity index (χ1n) is 5.35. The van der Waals surface area contributed by atoms with E-state index in [1.807, 2.05) is 6.92 Å². The van der Waals surface area contributed by atoms with Crippen molar-refractivity contribution in [2.45, 2.75) is 40.3 Å². The molecule has 3 nitrogen and oxygen atoms in total. The summed E-state index contributed by atoms with van der Waals surface area (Å²) in [5, 5.41) is 1.14. The predicted octanol–water partition coefficient (Wildman–Crippen LogP) is 2.26. The summed E-state index contributed by atoms with van der Waals surface area (Å²) in [5.74, 6) is 0. The van der Waals surface area contributed by atoms with Crippen LogP contribution in [0.1, 0.15) is 29.4 Å². The van der Waals surface area contributed by atoms with Crippen molar-refractivity contribution < 1.29 is 0 Å². The number of thiocarbonyl (C=S) groups is 1. The molecule has 1 aromatic heterocycles. The second kappa shape index (κ2) is 5.70. The third-order valence-corrected chi connectivity index (χ3v) is 3.69. The van der Waals surface area contributed by atoms with E-state index in [1.54, 1.807) is 11.3 Å². The topological polar surface area (TPSA) is 42.2 Å². The molecule has 0 aromatic carbocycles. The third-order valence-electron chi connectivity index (χ3n) is 2.50. The van der Waals surface area contributed by atoms with Gasteiger partial charge in [0.2, 0.25) is 0 Å². The Balaban J connectivity index is 2.71. The molecule has 0 aliphatic heterocycles. The average Bonchev–Trinajstić information content (AvgIpc) is 2.44. The summed E-state index contributed by atoms with van der Waals surface area (Å²) in [6, 6.07) is 0.422. The number of rotatable bonds is 5. The number of aromatic nitrogens is 1. The standard InChI is InChI=1S/C11H19N3S2/c1-7(2)14(5-10(12)15)6-11-13-8(3)9(4)16-11/h7H,5-6H2,1-4H3,(H2,12,15). The summed E-state index contributed by atoms with van der Waals surface area (Å²) >= 11 is 6.71. The van der Waals surface area contributed by atoms with Crippen LogP contribution in [0.4, 0.5) is 0 Å². The molecule has 16 heavy (non-hydrogen) atoms. The van der Waals surface area contributed by atoms with Crippen LogP contribution in [-0.2, 0) is 6.54 Å². The van der Waals surface area contributed by atoms with Gasteiger partial charge in [0.15, 0.2) is 0 Å². The van der Waals surface area contributed by atoms with Gasteiger partial charge in [-0.05, 0) is 27.7 Å². The van der Waals surface area contributed by atoms with Crippen molar-refractivity contribution in [3.63, 3.8) is 0 Å². The molecular formula is C11H19N3S2. The molecule has 5 heteroatoms. The molecular weight excluding hydrogens is 238 g/mol. The van der Waals surface area contributed by atoms with Crippen molar-refractivity contribution >= 4 is 28.5 Å². The van der Waals surface area contributed by atoms with Crippen molar-refractivity contribution in [3.8, 4) is 0 Å². The molecule has 0 unspecified atom stereocenters. The zero-order valence-corrected chi connectivity index (χ0v) is 11.9. The van der Waals surface area contributed by atoms with E-state index in [0.29, 0.717) is 17.6 Å². The van der Waals surface area contributed by atoms with E-state index < -0.39 is 0 Å². The monoisotopic (exact) mass is 257 g/mol. The molecule has 1 rings (SSSR count). The maximum absolute atomic E-state index is 5.59. The van der Waals surface area contributed by atoms with Crippen molar-refractivity contribution in [3.05, 3.63) is 15.6 Å². The van der Waals surface area contributed by atoms with E-state index >= 15 is 0 Å². The summed E-state index contributed by atoms with van der Waals surface area (Å²) < 4.78 is 0. The predicted molar refractivity (Wildman–Crippen MR) is 73.9 cm³/mol. The van der Waals surface area contributed by atoms with Crippen LogP contribution in [0.3, 0.4) is 0 Å². The highest BCUT2D eigenvalue weighted by molar-refractivity contribution is 7.80. The minimum absolute atomic E-state index is 0.422. The number of aryl methyl sites for hydroxylation is 2. The molecule has 0 saturated heterocycles. The molecule has 0 aliphatic carbocycles. The number of hydrogen-bond donors (Lipinski definition) is 1. The number of hydrogen-bond acceptors (Lipinski definition) is 4. The fourth-order valence-electron chi connectivity index (χ4n) is 1.40. The van der Waals surface area contributed by atoms with Gasteiger partial charge >= 0.3 is 0 Å². The van der Waals surface area contributed by atoms with Crippen LogP contribution in [0.5, 0.6) is 0 Å². The van der Waals surface area contributed by atoms with Crippen LogP contribution in [0, 0.1) is 13.8 Å². The number of nitrogens with zero attached hydrogens (tertiary/aromatic N) is 2. The van der Waals surface area contributed by atoms with Gasteiger partial charge in [0, 0.05) is 17.5 Å². The Morgan fingerprint density at radius 2 is 2.12 bits per heavy atom. The van der Waals surface area contributed by atoms with Gasteiger partial charge in [-0.1, -0.05) is 12.2 Å². The lowest BCUT2D eigenvalue weighted by Crippen LogP contribution is -2.37. The van der Waals surface area contributed by atoms with Gasteiger partial charge in [-0.2, -0.15) is 0 Å². The smallest absolute Gasteiger partial charge is 0.107 e.